The summed E-state index contributed by atoms with van der Waals surface area (Å²) in [7, 11) is 0. The molecule has 14 heavy (non-hydrogen) atoms. The molecule has 0 radical (unpaired) electrons. The van der Waals surface area contributed by atoms with Crippen molar-refractivity contribution >= 4 is 11.8 Å². The van der Waals surface area contributed by atoms with Crippen LogP contribution in [0.3, 0.4) is 0 Å². The lowest BCUT2D eigenvalue weighted by Gasteiger charge is -2.33. The highest BCUT2D eigenvalue weighted by Gasteiger charge is 2.51. The zero-order valence-electron chi connectivity index (χ0n) is 8.32. The maximum absolute atomic E-state index is 11.5. The summed E-state index contributed by atoms with van der Waals surface area (Å²) in [6.07, 6.45) is 0.224. The molecule has 2 rings (SSSR count). The van der Waals surface area contributed by atoms with Crippen molar-refractivity contribution in [3.8, 4) is 0 Å². The molecule has 1 N–H and O–H groups in total. The summed E-state index contributed by atoms with van der Waals surface area (Å²) in [6.45, 7) is 3.27. The number of carbonyl (C=O) groups excluding carboxylic acids is 2. The number of esters is 1. The third kappa shape index (κ3) is 1.25. The molecule has 0 aromatic carbocycles. The number of hydrogen-bond acceptors (Lipinski definition) is 4. The van der Waals surface area contributed by atoms with E-state index in [1.54, 1.807) is 6.92 Å². The molecule has 0 bridgehead atoms. The summed E-state index contributed by atoms with van der Waals surface area (Å²) in [4.78, 5) is 22.7. The van der Waals surface area contributed by atoms with Gasteiger partial charge in [-0.3, -0.25) is 9.59 Å². The number of ketones is 1. The number of Topliss-reactive ketones (excluding diaryl/α,β-unsaturated/α-hetero) is 1. The van der Waals surface area contributed by atoms with E-state index < -0.39 is 5.60 Å². The van der Waals surface area contributed by atoms with Gasteiger partial charge in [-0.2, -0.15) is 0 Å². The molecule has 1 saturated carbocycles. The Balaban J connectivity index is 2.22. The van der Waals surface area contributed by atoms with E-state index in [1.165, 1.54) is 6.92 Å². The smallest absolute Gasteiger partial charge is 0.309 e. The first-order valence-corrected chi connectivity index (χ1v) is 4.88. The Kier molecular flexibility index (Phi) is 1.93. The van der Waals surface area contributed by atoms with Crippen molar-refractivity contribution in [3.05, 3.63) is 0 Å². The second-order valence-corrected chi connectivity index (χ2v) is 4.53. The largest absolute Gasteiger partial charge is 0.462 e. The van der Waals surface area contributed by atoms with E-state index in [0.29, 0.717) is 0 Å². The molecule has 1 heterocycles. The molecule has 1 saturated heterocycles. The van der Waals surface area contributed by atoms with Gasteiger partial charge in [0.1, 0.15) is 11.7 Å². The van der Waals surface area contributed by atoms with E-state index in [9.17, 15) is 14.7 Å². The van der Waals surface area contributed by atoms with Crippen LogP contribution in [-0.4, -0.2) is 28.6 Å². The molecule has 2 fully saturated rings. The van der Waals surface area contributed by atoms with Crippen molar-refractivity contribution in [3.63, 3.8) is 0 Å². The Morgan fingerprint density at radius 1 is 1.50 bits per heavy atom. The van der Waals surface area contributed by atoms with Crippen molar-refractivity contribution in [2.75, 3.05) is 0 Å². The van der Waals surface area contributed by atoms with Crippen molar-refractivity contribution in [2.45, 2.75) is 38.4 Å². The molecule has 0 aromatic rings. The highest BCUT2D eigenvalue weighted by molar-refractivity contribution is 5.89. The zero-order valence-corrected chi connectivity index (χ0v) is 8.32. The second kappa shape index (κ2) is 2.79. The highest BCUT2D eigenvalue weighted by Crippen LogP contribution is 2.40. The summed E-state index contributed by atoms with van der Waals surface area (Å²) < 4.78 is 5.11. The van der Waals surface area contributed by atoms with E-state index in [0.717, 1.165) is 0 Å². The zero-order chi connectivity index (χ0) is 10.5. The van der Waals surface area contributed by atoms with Crippen molar-refractivity contribution in [1.82, 2.24) is 0 Å². The summed E-state index contributed by atoms with van der Waals surface area (Å²) in [5.41, 5.74) is -1.31. The maximum atomic E-state index is 11.5. The topological polar surface area (TPSA) is 63.6 Å². The maximum Gasteiger partial charge on any atom is 0.309 e. The van der Waals surface area contributed by atoms with Crippen LogP contribution in [-0.2, 0) is 14.3 Å². The molecular formula is C10H14O4. The van der Waals surface area contributed by atoms with Crippen LogP contribution < -0.4 is 0 Å². The summed E-state index contributed by atoms with van der Waals surface area (Å²) in [5, 5.41) is 9.72. The number of fused-ring (bicyclic) bond motifs is 1. The van der Waals surface area contributed by atoms with E-state index in [-0.39, 0.29) is 42.5 Å². The summed E-state index contributed by atoms with van der Waals surface area (Å²) in [6, 6.07) is 0. The van der Waals surface area contributed by atoms with Gasteiger partial charge < -0.3 is 9.84 Å². The number of ether oxygens (including phenoxy) is 1. The molecule has 0 amide bonds. The average Bonchev–Trinajstić information content (AvgIpc) is 2.31. The number of aliphatic hydroxyl groups is 1. The third-order valence-corrected chi connectivity index (χ3v) is 3.38. The molecule has 4 nitrogen and oxygen atoms in total. The molecule has 4 heteroatoms. The minimum absolute atomic E-state index is 0.0322. The fraction of sp³-hybridized carbons (Fsp3) is 0.800. The lowest BCUT2D eigenvalue weighted by atomic mass is 9.74. The molecule has 1 aliphatic carbocycles. The Hall–Kier alpha value is -0.900. The van der Waals surface area contributed by atoms with Crippen molar-refractivity contribution < 1.29 is 19.4 Å². The van der Waals surface area contributed by atoms with E-state index in [1.807, 2.05) is 0 Å². The minimum atomic E-state index is -1.31. The monoisotopic (exact) mass is 198 g/mol. The van der Waals surface area contributed by atoms with Gasteiger partial charge >= 0.3 is 5.97 Å². The van der Waals surface area contributed by atoms with Crippen LogP contribution in [0.15, 0.2) is 0 Å². The van der Waals surface area contributed by atoms with Gasteiger partial charge in [-0.15, -0.1) is 0 Å². The standard InChI is InChI=1S/C10H14O4/c1-5-6-3-8(11)10(2,13)4-7(6)14-9(5)12/h5-7,13H,3-4H2,1-2H3/t5?,6-,7-,10+/m1/s1. The van der Waals surface area contributed by atoms with Gasteiger partial charge in [0.2, 0.25) is 0 Å². The minimum Gasteiger partial charge on any atom is -0.462 e. The second-order valence-electron chi connectivity index (χ2n) is 4.53. The Labute approximate surface area is 82.2 Å². The van der Waals surface area contributed by atoms with E-state index in [2.05, 4.69) is 0 Å². The lowest BCUT2D eigenvalue weighted by molar-refractivity contribution is -0.153. The molecule has 1 unspecified atom stereocenters. The van der Waals surface area contributed by atoms with E-state index in [4.69, 9.17) is 4.74 Å². The van der Waals surface area contributed by atoms with Gasteiger partial charge in [-0.25, -0.2) is 0 Å². The normalized spacial score (nSPS) is 47.5. The van der Waals surface area contributed by atoms with Crippen LogP contribution in [0.2, 0.25) is 0 Å². The first kappa shape index (κ1) is 9.65. The number of carbonyl (C=O) groups is 2. The van der Waals surface area contributed by atoms with Crippen LogP contribution in [0.4, 0.5) is 0 Å². The lowest BCUT2D eigenvalue weighted by Crippen LogP contribution is -2.47. The number of hydrogen-bond donors (Lipinski definition) is 1. The molecule has 78 valence electrons. The molecule has 0 aromatic heterocycles. The predicted octanol–water partition coefficient (Wildman–Crippen LogP) is 0.278. The van der Waals surface area contributed by atoms with Gasteiger partial charge in [0.25, 0.3) is 0 Å². The van der Waals surface area contributed by atoms with Gasteiger partial charge in [0.15, 0.2) is 5.78 Å². The van der Waals surface area contributed by atoms with Crippen LogP contribution in [0.1, 0.15) is 26.7 Å². The molecule has 0 spiro atoms. The van der Waals surface area contributed by atoms with Crippen LogP contribution in [0.25, 0.3) is 0 Å². The molecule has 1 aliphatic heterocycles. The molecular weight excluding hydrogens is 184 g/mol. The Morgan fingerprint density at radius 2 is 2.14 bits per heavy atom. The summed E-state index contributed by atoms with van der Waals surface area (Å²) >= 11 is 0. The van der Waals surface area contributed by atoms with E-state index >= 15 is 0 Å². The SMILES string of the molecule is CC1C(=O)O[C@@H]2C[C@](C)(O)C(=O)C[C@H]12. The predicted molar refractivity (Wildman–Crippen MR) is 47.4 cm³/mol. The first-order valence-electron chi connectivity index (χ1n) is 4.88. The van der Waals surface area contributed by atoms with Crippen LogP contribution >= 0.6 is 0 Å². The van der Waals surface area contributed by atoms with Gasteiger partial charge in [0.05, 0.1) is 5.92 Å². The van der Waals surface area contributed by atoms with Crippen molar-refractivity contribution in [1.29, 1.82) is 0 Å². The van der Waals surface area contributed by atoms with Gasteiger partial charge in [0, 0.05) is 18.8 Å². The Morgan fingerprint density at radius 3 is 2.79 bits per heavy atom. The summed E-state index contributed by atoms with van der Waals surface area (Å²) in [5.74, 6) is -0.662. The number of rotatable bonds is 0. The average molecular weight is 198 g/mol. The fourth-order valence-electron chi connectivity index (χ4n) is 2.28. The van der Waals surface area contributed by atoms with Crippen LogP contribution in [0, 0.1) is 11.8 Å². The van der Waals surface area contributed by atoms with Gasteiger partial charge in [-0.05, 0) is 6.92 Å². The van der Waals surface area contributed by atoms with Crippen molar-refractivity contribution in [2.24, 2.45) is 11.8 Å². The quantitative estimate of drug-likeness (QED) is 0.568. The first-order chi connectivity index (χ1) is 6.42. The molecule has 4 atom stereocenters. The third-order valence-electron chi connectivity index (χ3n) is 3.38. The molecule has 2 aliphatic rings. The van der Waals surface area contributed by atoms with Gasteiger partial charge in [-0.1, -0.05) is 6.92 Å². The fourth-order valence-corrected chi connectivity index (χ4v) is 2.28. The highest BCUT2D eigenvalue weighted by atomic mass is 16.6. The Bertz CT molecular complexity index is 294. The van der Waals surface area contributed by atoms with Crippen LogP contribution in [0.5, 0.6) is 0 Å².